The van der Waals surface area contributed by atoms with Crippen molar-refractivity contribution in [2.24, 2.45) is 0 Å². The summed E-state index contributed by atoms with van der Waals surface area (Å²) in [6.45, 7) is 7.14. The molecule has 1 aliphatic heterocycles. The Balaban J connectivity index is 1.68. The number of hydrogen-bond acceptors (Lipinski definition) is 3. The van der Waals surface area contributed by atoms with Gasteiger partial charge in [-0.15, -0.1) is 0 Å². The van der Waals surface area contributed by atoms with Crippen molar-refractivity contribution >= 4 is 27.7 Å². The quantitative estimate of drug-likeness (QED) is 0.808. The molecule has 0 N–H and O–H groups in total. The number of amides is 1. The monoisotopic (exact) mass is 373 g/mol. The topological polar surface area (TPSA) is 36.4 Å². The summed E-state index contributed by atoms with van der Waals surface area (Å²) in [4.78, 5) is 21.3. The van der Waals surface area contributed by atoms with E-state index in [0.29, 0.717) is 0 Å². The Morgan fingerprint density at radius 1 is 1.09 bits per heavy atom. The van der Waals surface area contributed by atoms with E-state index in [1.54, 1.807) is 0 Å². The number of halogens is 1. The molecular formula is C18H20BrN3O. The second-order valence-corrected chi connectivity index (χ2v) is 6.78. The molecule has 1 fully saturated rings. The van der Waals surface area contributed by atoms with Crippen LogP contribution in [0.5, 0.6) is 0 Å². The Labute approximate surface area is 145 Å². The first-order valence-electron chi connectivity index (χ1n) is 7.78. The molecular weight excluding hydrogens is 354 g/mol. The number of carbonyl (C=O) groups excluding carboxylic acids is 1. The smallest absolute Gasteiger partial charge is 0.254 e. The highest BCUT2D eigenvalue weighted by molar-refractivity contribution is 9.10. The number of pyridine rings is 1. The molecule has 4 nitrogen and oxygen atoms in total. The van der Waals surface area contributed by atoms with Gasteiger partial charge in [0.1, 0.15) is 5.82 Å². The first-order valence-corrected chi connectivity index (χ1v) is 8.57. The zero-order valence-corrected chi connectivity index (χ0v) is 15.0. The summed E-state index contributed by atoms with van der Waals surface area (Å²) < 4.78 is 0.977. The van der Waals surface area contributed by atoms with Gasteiger partial charge in [0.25, 0.3) is 5.91 Å². The summed E-state index contributed by atoms with van der Waals surface area (Å²) in [5.74, 6) is 1.10. The molecule has 23 heavy (non-hydrogen) atoms. The van der Waals surface area contributed by atoms with Gasteiger partial charge in [-0.2, -0.15) is 0 Å². The average Bonchev–Trinajstić information content (AvgIpc) is 2.58. The van der Waals surface area contributed by atoms with Gasteiger partial charge < -0.3 is 9.80 Å². The highest BCUT2D eigenvalue weighted by atomic mass is 79.9. The maximum Gasteiger partial charge on any atom is 0.254 e. The lowest BCUT2D eigenvalue weighted by Gasteiger charge is -2.35. The third kappa shape index (κ3) is 3.39. The second-order valence-electron chi connectivity index (χ2n) is 5.86. The third-order valence-electron chi connectivity index (χ3n) is 4.44. The molecule has 1 aromatic heterocycles. The minimum Gasteiger partial charge on any atom is -0.353 e. The fourth-order valence-corrected chi connectivity index (χ4v) is 3.08. The number of rotatable bonds is 2. The van der Waals surface area contributed by atoms with Crippen LogP contribution in [0.25, 0.3) is 0 Å². The number of benzene rings is 1. The van der Waals surface area contributed by atoms with Crippen molar-refractivity contribution in [3.8, 4) is 0 Å². The van der Waals surface area contributed by atoms with Crippen LogP contribution < -0.4 is 4.90 Å². The first-order chi connectivity index (χ1) is 11.1. The van der Waals surface area contributed by atoms with Gasteiger partial charge in [0.2, 0.25) is 0 Å². The van der Waals surface area contributed by atoms with Crippen LogP contribution in [0, 0.1) is 13.8 Å². The molecule has 0 aliphatic carbocycles. The third-order valence-corrected chi connectivity index (χ3v) is 4.91. The molecule has 3 rings (SSSR count). The van der Waals surface area contributed by atoms with E-state index >= 15 is 0 Å². The zero-order valence-electron chi connectivity index (χ0n) is 13.4. The number of anilines is 1. The summed E-state index contributed by atoms with van der Waals surface area (Å²) in [5, 5.41) is 0. The minimum atomic E-state index is 0.134. The van der Waals surface area contributed by atoms with Crippen LogP contribution in [0.3, 0.4) is 0 Å². The van der Waals surface area contributed by atoms with E-state index in [-0.39, 0.29) is 5.91 Å². The van der Waals surface area contributed by atoms with Gasteiger partial charge in [-0.1, -0.05) is 12.1 Å². The molecule has 1 aliphatic rings. The van der Waals surface area contributed by atoms with Gasteiger partial charge in [-0.3, -0.25) is 4.79 Å². The SMILES string of the molecule is Cc1cccc(C(=O)N2CCN(c3ccc(Br)cn3)CC2)c1C. The number of nitrogens with zero attached hydrogens (tertiary/aromatic N) is 3. The van der Waals surface area contributed by atoms with E-state index in [4.69, 9.17) is 0 Å². The van der Waals surface area contributed by atoms with E-state index in [1.807, 2.05) is 55.3 Å². The average molecular weight is 374 g/mol. The van der Waals surface area contributed by atoms with Crippen LogP contribution in [-0.4, -0.2) is 42.0 Å². The normalized spacial score (nSPS) is 14.9. The largest absolute Gasteiger partial charge is 0.353 e. The van der Waals surface area contributed by atoms with Crippen molar-refractivity contribution < 1.29 is 4.79 Å². The van der Waals surface area contributed by atoms with Crippen LogP contribution in [0.4, 0.5) is 5.82 Å². The lowest BCUT2D eigenvalue weighted by Crippen LogP contribution is -2.49. The standard InChI is InChI=1S/C18H20BrN3O/c1-13-4-3-5-16(14(13)2)18(23)22-10-8-21(9-11-22)17-7-6-15(19)12-20-17/h3-7,12H,8-11H2,1-2H3. The van der Waals surface area contributed by atoms with Crippen LogP contribution in [-0.2, 0) is 0 Å². The number of carbonyl (C=O) groups is 1. The Morgan fingerprint density at radius 3 is 2.48 bits per heavy atom. The van der Waals surface area contributed by atoms with E-state index in [2.05, 4.69) is 25.8 Å². The lowest BCUT2D eigenvalue weighted by molar-refractivity contribution is 0.0745. The number of aromatic nitrogens is 1. The summed E-state index contributed by atoms with van der Waals surface area (Å²) in [5.41, 5.74) is 3.06. The van der Waals surface area contributed by atoms with Crippen molar-refractivity contribution in [3.05, 3.63) is 57.7 Å². The molecule has 0 saturated carbocycles. The molecule has 2 aromatic rings. The molecule has 2 heterocycles. The maximum absolute atomic E-state index is 12.7. The molecule has 1 saturated heterocycles. The summed E-state index contributed by atoms with van der Waals surface area (Å²) >= 11 is 3.40. The molecule has 1 amide bonds. The fraction of sp³-hybridized carbons (Fsp3) is 0.333. The molecule has 0 bridgehead atoms. The molecule has 0 spiro atoms. The van der Waals surface area contributed by atoms with E-state index in [0.717, 1.165) is 53.2 Å². The molecule has 0 atom stereocenters. The minimum absolute atomic E-state index is 0.134. The summed E-state index contributed by atoms with van der Waals surface area (Å²) in [6.07, 6.45) is 1.81. The Morgan fingerprint density at radius 2 is 1.83 bits per heavy atom. The predicted molar refractivity (Wildman–Crippen MR) is 96.0 cm³/mol. The zero-order chi connectivity index (χ0) is 16.4. The van der Waals surface area contributed by atoms with Crippen molar-refractivity contribution in [1.29, 1.82) is 0 Å². The van der Waals surface area contributed by atoms with E-state index in [9.17, 15) is 4.79 Å². The van der Waals surface area contributed by atoms with Crippen molar-refractivity contribution in [2.45, 2.75) is 13.8 Å². The van der Waals surface area contributed by atoms with Gasteiger partial charge >= 0.3 is 0 Å². The van der Waals surface area contributed by atoms with Gasteiger partial charge in [-0.25, -0.2) is 4.98 Å². The van der Waals surface area contributed by atoms with Crippen LogP contribution >= 0.6 is 15.9 Å². The van der Waals surface area contributed by atoms with Gasteiger partial charge in [0, 0.05) is 42.4 Å². The Kier molecular flexibility index (Phi) is 4.66. The van der Waals surface area contributed by atoms with Crippen molar-refractivity contribution in [3.63, 3.8) is 0 Å². The Hall–Kier alpha value is -1.88. The number of aryl methyl sites for hydroxylation is 1. The molecule has 1 aromatic carbocycles. The van der Waals surface area contributed by atoms with Gasteiger partial charge in [0.05, 0.1) is 0 Å². The molecule has 5 heteroatoms. The molecule has 0 unspecified atom stereocenters. The number of hydrogen-bond donors (Lipinski definition) is 0. The van der Waals surface area contributed by atoms with Crippen molar-refractivity contribution in [1.82, 2.24) is 9.88 Å². The summed E-state index contributed by atoms with van der Waals surface area (Å²) in [7, 11) is 0. The van der Waals surface area contributed by atoms with Crippen molar-refractivity contribution in [2.75, 3.05) is 31.1 Å². The van der Waals surface area contributed by atoms with Gasteiger partial charge in [0.15, 0.2) is 0 Å². The van der Waals surface area contributed by atoms with Crippen LogP contribution in [0.15, 0.2) is 41.0 Å². The van der Waals surface area contributed by atoms with Crippen LogP contribution in [0.1, 0.15) is 21.5 Å². The van der Waals surface area contributed by atoms with E-state index in [1.165, 1.54) is 0 Å². The highest BCUT2D eigenvalue weighted by Crippen LogP contribution is 2.19. The Bertz CT molecular complexity index is 707. The second kappa shape index (κ2) is 6.71. The molecule has 0 radical (unpaired) electrons. The summed E-state index contributed by atoms with van der Waals surface area (Å²) in [6, 6.07) is 9.93. The first kappa shape index (κ1) is 16.0. The highest BCUT2D eigenvalue weighted by Gasteiger charge is 2.23. The lowest BCUT2D eigenvalue weighted by atomic mass is 10.0. The predicted octanol–water partition coefficient (Wildman–Crippen LogP) is 3.42. The van der Waals surface area contributed by atoms with E-state index < -0.39 is 0 Å². The maximum atomic E-state index is 12.7. The number of piperazine rings is 1. The van der Waals surface area contributed by atoms with Gasteiger partial charge in [-0.05, 0) is 59.1 Å². The molecule has 120 valence electrons. The fourth-order valence-electron chi connectivity index (χ4n) is 2.85. The van der Waals surface area contributed by atoms with Crippen LogP contribution in [0.2, 0.25) is 0 Å².